The molecule has 0 heterocycles. The van der Waals surface area contributed by atoms with Crippen molar-refractivity contribution in [3.05, 3.63) is 75.2 Å². The number of fused-ring (bicyclic) bond motifs is 1. The largest absolute Gasteiger partial charge is 3.00 e. The van der Waals surface area contributed by atoms with Crippen molar-refractivity contribution in [3.8, 4) is 0 Å². The maximum Gasteiger partial charge on any atom is 3.00 e. The summed E-state index contributed by atoms with van der Waals surface area (Å²) >= 11 is 0. The molecular weight excluding hydrogens is 434 g/mol. The standard InChI is InChI=1S/C16H13O3S.2ClH.Zr/c1-10-8-13(12-6-4-3-5-7-12)14-9-11(2)16(15(10)14)20(17,18)19;;;/h3-8H,1-2H3,(H,17,18,19);2*1H;/q-1;;;+3/p-2. The summed E-state index contributed by atoms with van der Waals surface area (Å²) in [4.78, 5) is -0.0211. The molecule has 3 nitrogen and oxygen atoms in total. The van der Waals surface area contributed by atoms with Gasteiger partial charge < -0.3 is 24.8 Å². The predicted molar refractivity (Wildman–Crippen MR) is 78.1 cm³/mol. The van der Waals surface area contributed by atoms with Gasteiger partial charge in [-0.1, -0.05) is 48.4 Å². The van der Waals surface area contributed by atoms with E-state index in [4.69, 9.17) is 0 Å². The number of hydrogen-bond acceptors (Lipinski definition) is 2. The summed E-state index contributed by atoms with van der Waals surface area (Å²) in [6.07, 6.45) is 5.02. The fraction of sp³-hybridized carbons (Fsp3) is 0.125. The molecule has 0 aromatic heterocycles. The van der Waals surface area contributed by atoms with Crippen molar-refractivity contribution in [2.45, 2.75) is 13.8 Å². The second kappa shape index (κ2) is 8.09. The predicted octanol–water partition coefficient (Wildman–Crippen LogP) is -2.69. The van der Waals surface area contributed by atoms with Crippen molar-refractivity contribution in [2.75, 3.05) is 0 Å². The quantitative estimate of drug-likeness (QED) is 0.397. The van der Waals surface area contributed by atoms with E-state index in [2.05, 4.69) is 6.08 Å². The third kappa shape index (κ3) is 3.97. The van der Waals surface area contributed by atoms with Crippen LogP contribution in [0.4, 0.5) is 0 Å². The molecule has 1 aromatic rings. The van der Waals surface area contributed by atoms with Gasteiger partial charge in [-0.2, -0.15) is 0 Å². The van der Waals surface area contributed by atoms with Crippen LogP contribution in [-0.2, 0) is 36.3 Å². The van der Waals surface area contributed by atoms with E-state index in [1.807, 2.05) is 43.3 Å². The van der Waals surface area contributed by atoms with E-state index >= 15 is 0 Å². The Balaban J connectivity index is 0.00000161. The monoisotopic (exact) mass is 445 g/mol. The Bertz CT molecular complexity index is 835. The van der Waals surface area contributed by atoms with E-state index in [-0.39, 0.29) is 55.9 Å². The van der Waals surface area contributed by atoms with Crippen molar-refractivity contribution in [1.82, 2.24) is 0 Å². The maximum absolute atomic E-state index is 11.6. The van der Waals surface area contributed by atoms with Crippen LogP contribution in [0.25, 0.3) is 5.57 Å². The Labute approximate surface area is 167 Å². The Morgan fingerprint density at radius 3 is 2.13 bits per heavy atom. The number of halogens is 2. The van der Waals surface area contributed by atoms with Gasteiger partial charge in [0.25, 0.3) is 10.1 Å². The Morgan fingerprint density at radius 1 is 1.04 bits per heavy atom. The van der Waals surface area contributed by atoms with Gasteiger partial charge in [0.05, 0.1) is 0 Å². The van der Waals surface area contributed by atoms with Gasteiger partial charge in [0, 0.05) is 0 Å². The smallest absolute Gasteiger partial charge is 1.00 e. The van der Waals surface area contributed by atoms with Crippen molar-refractivity contribution in [2.24, 2.45) is 0 Å². The summed E-state index contributed by atoms with van der Waals surface area (Å²) in [5.41, 5.74) is 4.56. The SMILES string of the molecule is CC1=C(S(=O)(=O)O)C2=C(C)C=C(c3ccccc3)C2=[C-]1.[Cl-].[Cl-].[Zr+3]. The fourth-order valence-corrected chi connectivity index (χ4v) is 3.67. The number of hydrogen-bond donors (Lipinski definition) is 1. The van der Waals surface area contributed by atoms with Gasteiger partial charge in [-0.15, -0.1) is 34.4 Å². The van der Waals surface area contributed by atoms with Crippen LogP contribution in [0.15, 0.2) is 63.6 Å². The average Bonchev–Trinajstić information content (AvgIpc) is 2.87. The first kappa shape index (κ1) is 22.6. The molecule has 2 aliphatic rings. The summed E-state index contributed by atoms with van der Waals surface area (Å²) in [6, 6.07) is 9.74. The van der Waals surface area contributed by atoms with Crippen molar-refractivity contribution in [1.29, 1.82) is 0 Å². The first-order valence-corrected chi connectivity index (χ1v) is 7.65. The number of benzene rings is 1. The first-order valence-electron chi connectivity index (χ1n) is 6.21. The molecule has 0 fully saturated rings. The summed E-state index contributed by atoms with van der Waals surface area (Å²) in [6.45, 7) is 3.49. The zero-order valence-electron chi connectivity index (χ0n) is 12.4. The molecule has 119 valence electrons. The molecule has 0 saturated heterocycles. The van der Waals surface area contributed by atoms with Gasteiger partial charge >= 0.3 is 26.2 Å². The summed E-state index contributed by atoms with van der Waals surface area (Å²) in [5.74, 6) is 0. The van der Waals surface area contributed by atoms with Gasteiger partial charge in [0.1, 0.15) is 0 Å². The van der Waals surface area contributed by atoms with Crippen molar-refractivity contribution >= 4 is 15.7 Å². The second-order valence-corrected chi connectivity index (χ2v) is 6.27. The van der Waals surface area contributed by atoms with E-state index in [9.17, 15) is 13.0 Å². The van der Waals surface area contributed by atoms with Gasteiger partial charge in [-0.25, -0.2) is 8.42 Å². The molecule has 1 radical (unpaired) electrons. The molecule has 0 atom stereocenters. The Kier molecular flexibility index (Phi) is 7.93. The van der Waals surface area contributed by atoms with Gasteiger partial charge in [-0.05, 0) is 11.8 Å². The van der Waals surface area contributed by atoms with Crippen LogP contribution in [-0.4, -0.2) is 13.0 Å². The van der Waals surface area contributed by atoms with Crippen molar-refractivity contribution < 1.29 is 64.0 Å². The summed E-state index contributed by atoms with van der Waals surface area (Å²) in [7, 11) is -4.24. The molecule has 2 aliphatic carbocycles. The topological polar surface area (TPSA) is 54.4 Å². The van der Waals surface area contributed by atoms with Crippen LogP contribution in [0, 0.1) is 6.08 Å². The molecule has 7 heteroatoms. The fourth-order valence-electron chi connectivity index (χ4n) is 2.71. The molecular formula is C16H13Cl2O3SZr. The van der Waals surface area contributed by atoms with Crippen LogP contribution in [0.2, 0.25) is 0 Å². The minimum atomic E-state index is -4.24. The Morgan fingerprint density at radius 2 is 1.61 bits per heavy atom. The normalized spacial score (nSPS) is 16.0. The van der Waals surface area contributed by atoms with Gasteiger partial charge in [0.15, 0.2) is 0 Å². The summed E-state index contributed by atoms with van der Waals surface area (Å²) < 4.78 is 32.5. The molecule has 1 N–H and O–H groups in total. The molecule has 1 aromatic carbocycles. The van der Waals surface area contributed by atoms with Crippen LogP contribution >= 0.6 is 0 Å². The molecule has 0 aliphatic heterocycles. The minimum Gasteiger partial charge on any atom is -1.00 e. The van der Waals surface area contributed by atoms with Crippen LogP contribution in [0.3, 0.4) is 0 Å². The third-order valence-electron chi connectivity index (χ3n) is 3.50. The number of rotatable bonds is 2. The minimum absolute atomic E-state index is 0. The average molecular weight is 447 g/mol. The van der Waals surface area contributed by atoms with E-state index in [1.54, 1.807) is 6.92 Å². The molecule has 0 spiro atoms. The van der Waals surface area contributed by atoms with Crippen LogP contribution in [0.5, 0.6) is 0 Å². The third-order valence-corrected chi connectivity index (χ3v) is 4.52. The molecule has 0 unspecified atom stereocenters. The second-order valence-electron chi connectivity index (χ2n) is 4.91. The molecule has 23 heavy (non-hydrogen) atoms. The zero-order chi connectivity index (χ0) is 14.5. The number of allylic oxidation sites excluding steroid dienone is 7. The molecule has 3 rings (SSSR count). The first-order chi connectivity index (χ1) is 9.39. The van der Waals surface area contributed by atoms with Crippen LogP contribution in [0.1, 0.15) is 19.4 Å². The van der Waals surface area contributed by atoms with Gasteiger partial charge in [-0.3, -0.25) is 4.55 Å². The van der Waals surface area contributed by atoms with E-state index in [0.29, 0.717) is 11.1 Å². The van der Waals surface area contributed by atoms with E-state index in [1.165, 1.54) is 0 Å². The Hall–Kier alpha value is -0.447. The molecule has 0 amide bonds. The van der Waals surface area contributed by atoms with Gasteiger partial charge in [0.2, 0.25) is 0 Å². The van der Waals surface area contributed by atoms with Crippen molar-refractivity contribution in [3.63, 3.8) is 0 Å². The zero-order valence-corrected chi connectivity index (χ0v) is 17.2. The molecule has 0 saturated carbocycles. The maximum atomic E-state index is 11.6. The van der Waals surface area contributed by atoms with E-state index < -0.39 is 10.1 Å². The molecule has 0 bridgehead atoms. The van der Waals surface area contributed by atoms with E-state index in [0.717, 1.165) is 22.3 Å². The van der Waals surface area contributed by atoms with Crippen LogP contribution < -0.4 is 24.8 Å². The summed E-state index contributed by atoms with van der Waals surface area (Å²) in [5, 5.41) is 0.